The van der Waals surface area contributed by atoms with Crippen LogP contribution >= 0.6 is 0 Å². The molecule has 0 aromatic heterocycles. The maximum atomic E-state index is 10.00. The van der Waals surface area contributed by atoms with Crippen LogP contribution < -0.4 is 51.4 Å². The molecule has 3 heteroatoms. The third-order valence-corrected chi connectivity index (χ3v) is 2.21. The van der Waals surface area contributed by atoms with Crippen LogP contribution in [-0.4, -0.2) is 21.4 Å². The summed E-state index contributed by atoms with van der Waals surface area (Å²) in [5.74, 6) is 6.36. The van der Waals surface area contributed by atoms with Crippen LogP contribution in [0.4, 0.5) is 0 Å². The molecule has 0 saturated carbocycles. The maximum absolute atomic E-state index is 10.00. The van der Waals surface area contributed by atoms with Gasteiger partial charge in [-0.25, -0.2) is 0 Å². The minimum absolute atomic E-state index is 0. The minimum Gasteiger partial charge on any atom is -1.00 e. The normalized spacial score (nSPS) is 17.8. The van der Waals surface area contributed by atoms with E-state index in [1.54, 1.807) is 13.8 Å². The van der Waals surface area contributed by atoms with E-state index in [4.69, 9.17) is 0 Å². The summed E-state index contributed by atoms with van der Waals surface area (Å²) in [4.78, 5) is 0. The number of hydrogen-bond acceptors (Lipinski definition) is 2. The summed E-state index contributed by atoms with van der Waals surface area (Å²) in [6.07, 6.45) is 1.25. The van der Waals surface area contributed by atoms with Gasteiger partial charge in [0.25, 0.3) is 0 Å². The van der Waals surface area contributed by atoms with Crippen molar-refractivity contribution >= 4 is 0 Å². The standard InChI is InChI=1S/C14H26O2.K.H/c1-11(2)9-13(5,15)7-8-14(6,16)10-12(3)4;;/h11-12,15-16H,9-10H2,1-6H3;;/q;+1;-1. The van der Waals surface area contributed by atoms with Crippen molar-refractivity contribution in [1.82, 2.24) is 0 Å². The van der Waals surface area contributed by atoms with Crippen molar-refractivity contribution in [3.8, 4) is 11.8 Å². The van der Waals surface area contributed by atoms with Crippen LogP contribution in [0.3, 0.4) is 0 Å². The second-order valence-corrected chi connectivity index (χ2v) is 5.99. The Bertz CT molecular complexity index is 249. The van der Waals surface area contributed by atoms with E-state index >= 15 is 0 Å². The zero-order valence-corrected chi connectivity index (χ0v) is 15.6. The Balaban J connectivity index is -0.00000112. The largest absolute Gasteiger partial charge is 1.00 e. The van der Waals surface area contributed by atoms with E-state index < -0.39 is 11.2 Å². The SMILES string of the molecule is CC(C)CC(C)(O)C#CC(C)(O)CC(C)C.[H-].[K+]. The molecule has 0 amide bonds. The summed E-state index contributed by atoms with van der Waals surface area (Å²) in [7, 11) is 0. The second-order valence-electron chi connectivity index (χ2n) is 5.99. The van der Waals surface area contributed by atoms with Crippen molar-refractivity contribution in [2.75, 3.05) is 0 Å². The van der Waals surface area contributed by atoms with E-state index in [2.05, 4.69) is 11.8 Å². The average Bonchev–Trinajstić information content (AvgIpc) is 1.96. The molecule has 2 nitrogen and oxygen atoms in total. The summed E-state index contributed by atoms with van der Waals surface area (Å²) in [6.45, 7) is 11.6. The monoisotopic (exact) mass is 266 g/mol. The molecular weight excluding hydrogens is 239 g/mol. The van der Waals surface area contributed by atoms with Gasteiger partial charge in [-0.1, -0.05) is 39.5 Å². The van der Waals surface area contributed by atoms with Crippen molar-refractivity contribution in [2.45, 2.75) is 65.6 Å². The van der Waals surface area contributed by atoms with Crippen LogP contribution in [0.15, 0.2) is 0 Å². The smallest absolute Gasteiger partial charge is 1.00 e. The molecule has 0 radical (unpaired) electrons. The Labute approximate surface area is 150 Å². The molecule has 0 saturated heterocycles. The molecule has 0 bridgehead atoms. The van der Waals surface area contributed by atoms with E-state index in [0.29, 0.717) is 24.7 Å². The summed E-state index contributed by atoms with van der Waals surface area (Å²) in [5.41, 5.74) is -2.01. The van der Waals surface area contributed by atoms with Gasteiger partial charge < -0.3 is 11.6 Å². The third-order valence-electron chi connectivity index (χ3n) is 2.21. The van der Waals surface area contributed by atoms with Gasteiger partial charge >= 0.3 is 51.4 Å². The first-order chi connectivity index (χ1) is 7.04. The Morgan fingerprint density at radius 2 is 1.12 bits per heavy atom. The van der Waals surface area contributed by atoms with E-state index in [9.17, 15) is 10.2 Å². The first-order valence-electron chi connectivity index (χ1n) is 6.03. The molecule has 0 rings (SSSR count). The number of hydrogen-bond donors (Lipinski definition) is 2. The molecule has 96 valence electrons. The van der Waals surface area contributed by atoms with Crippen LogP contribution in [0.1, 0.15) is 55.8 Å². The molecule has 0 heterocycles. The van der Waals surface area contributed by atoms with Crippen molar-refractivity contribution in [3.05, 3.63) is 0 Å². The van der Waals surface area contributed by atoms with Crippen LogP contribution in [0, 0.1) is 23.7 Å². The van der Waals surface area contributed by atoms with Crippen LogP contribution in [0.5, 0.6) is 0 Å². The fourth-order valence-corrected chi connectivity index (χ4v) is 1.96. The summed E-state index contributed by atoms with van der Waals surface area (Å²) < 4.78 is 0. The van der Waals surface area contributed by atoms with Gasteiger partial charge in [-0.3, -0.25) is 0 Å². The molecule has 0 aromatic carbocycles. The number of rotatable bonds is 4. The molecule has 0 aliphatic rings. The first-order valence-corrected chi connectivity index (χ1v) is 6.03. The van der Waals surface area contributed by atoms with Crippen molar-refractivity contribution in [1.29, 1.82) is 0 Å². The summed E-state index contributed by atoms with van der Waals surface area (Å²) >= 11 is 0. The van der Waals surface area contributed by atoms with Gasteiger partial charge in [0, 0.05) is 0 Å². The zero-order valence-electron chi connectivity index (χ0n) is 13.5. The van der Waals surface area contributed by atoms with Crippen molar-refractivity contribution in [2.24, 2.45) is 11.8 Å². The second kappa shape index (κ2) is 8.32. The Morgan fingerprint density at radius 3 is 1.29 bits per heavy atom. The Kier molecular flexibility index (Phi) is 10.0. The van der Waals surface area contributed by atoms with Gasteiger partial charge in [0.05, 0.1) is 0 Å². The molecular formula is C14H27KO2. The molecule has 2 unspecified atom stereocenters. The van der Waals surface area contributed by atoms with Crippen LogP contribution in [0.25, 0.3) is 0 Å². The molecule has 0 aromatic rings. The van der Waals surface area contributed by atoms with Gasteiger partial charge in [-0.15, -0.1) is 0 Å². The maximum Gasteiger partial charge on any atom is 1.00 e. The zero-order chi connectivity index (χ0) is 13.0. The molecule has 0 aliphatic carbocycles. The van der Waals surface area contributed by atoms with Gasteiger partial charge in [0.15, 0.2) is 0 Å². The molecule has 0 spiro atoms. The van der Waals surface area contributed by atoms with Crippen LogP contribution in [-0.2, 0) is 0 Å². The first kappa shape index (κ1) is 20.4. The van der Waals surface area contributed by atoms with Gasteiger partial charge in [0.1, 0.15) is 11.2 Å². The fourth-order valence-electron chi connectivity index (χ4n) is 1.96. The molecule has 17 heavy (non-hydrogen) atoms. The Morgan fingerprint density at radius 1 is 0.882 bits per heavy atom. The van der Waals surface area contributed by atoms with Crippen LogP contribution in [0.2, 0.25) is 0 Å². The Hall–Kier alpha value is 1.12. The molecule has 0 aliphatic heterocycles. The predicted octanol–water partition coefficient (Wildman–Crippen LogP) is -0.299. The van der Waals surface area contributed by atoms with Crippen molar-refractivity contribution < 1.29 is 63.0 Å². The number of aliphatic hydroxyl groups is 2. The van der Waals surface area contributed by atoms with E-state index in [1.165, 1.54) is 0 Å². The summed E-state index contributed by atoms with van der Waals surface area (Å²) in [5, 5.41) is 20.0. The molecule has 0 fully saturated rings. The predicted molar refractivity (Wildman–Crippen MR) is 69.0 cm³/mol. The summed E-state index contributed by atoms with van der Waals surface area (Å²) in [6, 6.07) is 0. The quantitative estimate of drug-likeness (QED) is 0.542. The van der Waals surface area contributed by atoms with Gasteiger partial charge in [0.2, 0.25) is 0 Å². The van der Waals surface area contributed by atoms with Crippen molar-refractivity contribution in [3.63, 3.8) is 0 Å². The van der Waals surface area contributed by atoms with E-state index in [-0.39, 0.29) is 52.8 Å². The topological polar surface area (TPSA) is 40.5 Å². The molecule has 2 N–H and O–H groups in total. The minimum atomic E-state index is -1.00. The van der Waals surface area contributed by atoms with E-state index in [1.807, 2.05) is 27.7 Å². The molecule has 2 atom stereocenters. The third kappa shape index (κ3) is 11.9. The van der Waals surface area contributed by atoms with Gasteiger partial charge in [-0.2, -0.15) is 0 Å². The van der Waals surface area contributed by atoms with E-state index in [0.717, 1.165) is 0 Å². The fraction of sp³-hybridized carbons (Fsp3) is 0.857. The average molecular weight is 266 g/mol. The van der Waals surface area contributed by atoms with Gasteiger partial charge in [-0.05, 0) is 38.5 Å².